The van der Waals surface area contributed by atoms with E-state index in [2.05, 4.69) is 10.2 Å². The predicted molar refractivity (Wildman–Crippen MR) is 52.8 cm³/mol. The molecular weight excluding hydrogens is 164 g/mol. The molecule has 2 heterocycles. The highest BCUT2D eigenvalue weighted by Gasteiger charge is 2.34. The fourth-order valence-electron chi connectivity index (χ4n) is 2.65. The lowest BCUT2D eigenvalue weighted by Gasteiger charge is -2.36. The zero-order valence-electron chi connectivity index (χ0n) is 8.46. The lowest BCUT2D eigenvalue weighted by atomic mass is 9.92. The van der Waals surface area contributed by atoms with Crippen molar-refractivity contribution in [3.63, 3.8) is 0 Å². The maximum absolute atomic E-state index is 5.13. The normalized spacial score (nSPS) is 34.8. The van der Waals surface area contributed by atoms with Gasteiger partial charge in [-0.15, -0.1) is 0 Å². The van der Waals surface area contributed by atoms with Crippen molar-refractivity contribution in [1.82, 2.24) is 10.2 Å². The molecule has 3 heteroatoms. The summed E-state index contributed by atoms with van der Waals surface area (Å²) in [5, 5.41) is 3.49. The molecular formula is C10H20N2O. The van der Waals surface area contributed by atoms with Crippen molar-refractivity contribution < 1.29 is 4.74 Å². The van der Waals surface area contributed by atoms with Gasteiger partial charge in [-0.25, -0.2) is 0 Å². The maximum atomic E-state index is 5.13. The first kappa shape index (κ1) is 9.44. The van der Waals surface area contributed by atoms with Gasteiger partial charge < -0.3 is 10.1 Å². The first-order valence-corrected chi connectivity index (χ1v) is 5.35. The van der Waals surface area contributed by atoms with Crippen LogP contribution < -0.4 is 5.32 Å². The van der Waals surface area contributed by atoms with E-state index in [0.29, 0.717) is 0 Å². The van der Waals surface area contributed by atoms with Gasteiger partial charge in [0.2, 0.25) is 0 Å². The van der Waals surface area contributed by atoms with Crippen LogP contribution in [0.1, 0.15) is 12.8 Å². The minimum absolute atomic E-state index is 0.795. The van der Waals surface area contributed by atoms with Crippen LogP contribution in [0, 0.1) is 5.92 Å². The fourth-order valence-corrected chi connectivity index (χ4v) is 2.65. The van der Waals surface area contributed by atoms with Crippen LogP contribution in [0.2, 0.25) is 0 Å². The van der Waals surface area contributed by atoms with Gasteiger partial charge in [0.05, 0.1) is 6.61 Å². The number of nitrogens with one attached hydrogen (secondary N) is 1. The van der Waals surface area contributed by atoms with Gasteiger partial charge in [-0.2, -0.15) is 0 Å². The summed E-state index contributed by atoms with van der Waals surface area (Å²) in [5.74, 6) is 0.908. The number of likely N-dealkylation sites (tertiary alicyclic amines) is 1. The van der Waals surface area contributed by atoms with E-state index in [-0.39, 0.29) is 0 Å². The minimum Gasteiger partial charge on any atom is -0.383 e. The van der Waals surface area contributed by atoms with Gasteiger partial charge in [0.15, 0.2) is 0 Å². The molecule has 13 heavy (non-hydrogen) atoms. The average Bonchev–Trinajstić information content (AvgIpc) is 2.62. The van der Waals surface area contributed by atoms with Crippen molar-refractivity contribution in [2.45, 2.75) is 18.9 Å². The van der Waals surface area contributed by atoms with Crippen LogP contribution in [0.15, 0.2) is 0 Å². The van der Waals surface area contributed by atoms with Crippen LogP contribution in [0.3, 0.4) is 0 Å². The Balaban J connectivity index is 1.86. The zero-order valence-corrected chi connectivity index (χ0v) is 8.46. The van der Waals surface area contributed by atoms with Crippen LogP contribution in [-0.2, 0) is 4.74 Å². The second-order valence-electron chi connectivity index (χ2n) is 4.16. The van der Waals surface area contributed by atoms with E-state index < -0.39 is 0 Å². The molecule has 0 aliphatic carbocycles. The monoisotopic (exact) mass is 184 g/mol. The van der Waals surface area contributed by atoms with E-state index in [4.69, 9.17) is 4.74 Å². The first-order valence-electron chi connectivity index (χ1n) is 5.35. The summed E-state index contributed by atoms with van der Waals surface area (Å²) in [5.41, 5.74) is 0. The Bertz CT molecular complexity index is 163. The lowest BCUT2D eigenvalue weighted by molar-refractivity contribution is 0.0835. The number of nitrogens with zero attached hydrogens (tertiary/aromatic N) is 1. The molecule has 2 saturated heterocycles. The van der Waals surface area contributed by atoms with Crippen molar-refractivity contribution >= 4 is 0 Å². The zero-order chi connectivity index (χ0) is 9.10. The molecule has 0 bridgehead atoms. The van der Waals surface area contributed by atoms with Crippen molar-refractivity contribution in [1.29, 1.82) is 0 Å². The largest absolute Gasteiger partial charge is 0.383 e. The molecule has 2 aliphatic rings. The second-order valence-corrected chi connectivity index (χ2v) is 4.16. The molecule has 2 atom stereocenters. The van der Waals surface area contributed by atoms with Crippen molar-refractivity contribution in [3.05, 3.63) is 0 Å². The molecule has 1 N–H and O–H groups in total. The van der Waals surface area contributed by atoms with Crippen LogP contribution in [0.5, 0.6) is 0 Å². The van der Waals surface area contributed by atoms with Crippen LogP contribution >= 0.6 is 0 Å². The van der Waals surface area contributed by atoms with E-state index in [9.17, 15) is 0 Å². The smallest absolute Gasteiger partial charge is 0.0589 e. The Labute approximate surface area is 80.4 Å². The Kier molecular flexibility index (Phi) is 3.19. The molecule has 76 valence electrons. The number of methoxy groups -OCH3 is 1. The van der Waals surface area contributed by atoms with E-state index in [1.165, 1.54) is 32.5 Å². The number of hydrogen-bond acceptors (Lipinski definition) is 3. The SMILES string of the molecule is COCCN1CCCC2CNCC21. The lowest BCUT2D eigenvalue weighted by Crippen LogP contribution is -2.46. The summed E-state index contributed by atoms with van der Waals surface area (Å²) in [6.07, 6.45) is 2.79. The van der Waals surface area contributed by atoms with Gasteiger partial charge in [-0.3, -0.25) is 4.90 Å². The summed E-state index contributed by atoms with van der Waals surface area (Å²) in [7, 11) is 1.79. The molecule has 0 aromatic heterocycles. The Morgan fingerprint density at radius 2 is 2.38 bits per heavy atom. The highest BCUT2D eigenvalue weighted by atomic mass is 16.5. The van der Waals surface area contributed by atoms with Crippen molar-refractivity contribution in [2.24, 2.45) is 5.92 Å². The molecule has 2 aliphatic heterocycles. The van der Waals surface area contributed by atoms with Gasteiger partial charge in [0, 0.05) is 26.2 Å². The summed E-state index contributed by atoms with van der Waals surface area (Å²) in [4.78, 5) is 2.59. The molecule has 0 aromatic rings. The quantitative estimate of drug-likeness (QED) is 0.683. The third-order valence-electron chi connectivity index (χ3n) is 3.38. The molecule has 0 spiro atoms. The highest BCUT2D eigenvalue weighted by molar-refractivity contribution is 4.91. The standard InChI is InChI=1S/C10H20N2O/c1-13-6-5-12-4-2-3-9-7-11-8-10(9)12/h9-11H,2-8H2,1H3. The van der Waals surface area contributed by atoms with E-state index in [1.807, 2.05) is 0 Å². The molecule has 0 amide bonds. The summed E-state index contributed by atoms with van der Waals surface area (Å²) in [6, 6.07) is 0.795. The summed E-state index contributed by atoms with van der Waals surface area (Å²) < 4.78 is 5.13. The Hall–Kier alpha value is -0.120. The predicted octanol–water partition coefficient (Wildman–Crippen LogP) is 0.317. The third kappa shape index (κ3) is 2.03. The van der Waals surface area contributed by atoms with Crippen molar-refractivity contribution in [2.75, 3.05) is 39.9 Å². The summed E-state index contributed by atoms with van der Waals surface area (Å²) in [6.45, 7) is 5.68. The maximum Gasteiger partial charge on any atom is 0.0589 e. The second kappa shape index (κ2) is 4.40. The van der Waals surface area contributed by atoms with Gasteiger partial charge >= 0.3 is 0 Å². The molecule has 0 radical (unpaired) electrons. The molecule has 0 saturated carbocycles. The molecule has 2 unspecified atom stereocenters. The molecule has 0 aromatic carbocycles. The Morgan fingerprint density at radius 1 is 1.46 bits per heavy atom. The van der Waals surface area contributed by atoms with Crippen LogP contribution in [-0.4, -0.2) is 50.8 Å². The van der Waals surface area contributed by atoms with Gasteiger partial charge in [0.1, 0.15) is 0 Å². The first-order chi connectivity index (χ1) is 6.42. The third-order valence-corrected chi connectivity index (χ3v) is 3.38. The number of hydrogen-bond donors (Lipinski definition) is 1. The summed E-state index contributed by atoms with van der Waals surface area (Å²) >= 11 is 0. The average molecular weight is 184 g/mol. The van der Waals surface area contributed by atoms with E-state index in [0.717, 1.165) is 25.1 Å². The molecule has 3 nitrogen and oxygen atoms in total. The Morgan fingerprint density at radius 3 is 3.23 bits per heavy atom. The van der Waals surface area contributed by atoms with Crippen molar-refractivity contribution in [3.8, 4) is 0 Å². The number of ether oxygens (including phenoxy) is 1. The van der Waals surface area contributed by atoms with Gasteiger partial charge in [0.25, 0.3) is 0 Å². The van der Waals surface area contributed by atoms with Gasteiger partial charge in [-0.05, 0) is 31.8 Å². The number of rotatable bonds is 3. The minimum atomic E-state index is 0.795. The number of piperidine rings is 1. The van der Waals surface area contributed by atoms with Crippen LogP contribution in [0.25, 0.3) is 0 Å². The highest BCUT2D eigenvalue weighted by Crippen LogP contribution is 2.25. The van der Waals surface area contributed by atoms with Crippen LogP contribution in [0.4, 0.5) is 0 Å². The molecule has 2 fully saturated rings. The van der Waals surface area contributed by atoms with Gasteiger partial charge in [-0.1, -0.05) is 0 Å². The fraction of sp³-hybridized carbons (Fsp3) is 1.00. The topological polar surface area (TPSA) is 24.5 Å². The van der Waals surface area contributed by atoms with E-state index in [1.54, 1.807) is 7.11 Å². The molecule has 2 rings (SSSR count). The van der Waals surface area contributed by atoms with E-state index >= 15 is 0 Å². The number of fused-ring (bicyclic) bond motifs is 1.